The number of hydrogen-bond donors (Lipinski definition) is 0. The van der Waals surface area contributed by atoms with Gasteiger partial charge in [-0.3, -0.25) is 0 Å². The van der Waals surface area contributed by atoms with Gasteiger partial charge in [-0.1, -0.05) is 13.8 Å². The molecule has 0 radical (unpaired) electrons. The summed E-state index contributed by atoms with van der Waals surface area (Å²) in [5, 5.41) is 0. The molecule has 0 aliphatic heterocycles. The first-order chi connectivity index (χ1) is 5.54. The van der Waals surface area contributed by atoms with Crippen molar-refractivity contribution in [2.75, 3.05) is 11.5 Å². The molecule has 12 heavy (non-hydrogen) atoms. The van der Waals surface area contributed by atoms with Crippen LogP contribution in [0.15, 0.2) is 0 Å². The normalized spacial score (nSPS) is 12.8. The fourth-order valence-electron chi connectivity index (χ4n) is 0. The molecule has 2 N–H and O–H groups in total. The summed E-state index contributed by atoms with van der Waals surface area (Å²) >= 11 is 10.0. The number of nitrogens with one attached hydrogen (secondary N) is 2. The number of hydrogen-bond acceptors (Lipinski definition) is 3. The summed E-state index contributed by atoms with van der Waals surface area (Å²) in [4.78, 5) is 0. The average Bonchev–Trinajstić information content (AvgIpc) is 2.09. The Morgan fingerprint density at radius 3 is 1.25 bits per heavy atom. The number of rotatable bonds is 2. The molecule has 0 fully saturated rings. The first kappa shape index (κ1) is 18.7. The van der Waals surface area contributed by atoms with Crippen molar-refractivity contribution in [3.63, 3.8) is 0 Å². The summed E-state index contributed by atoms with van der Waals surface area (Å²) in [5.74, 6) is 1.11. The molecule has 2 unspecified atom stereocenters. The van der Waals surface area contributed by atoms with Crippen molar-refractivity contribution in [1.29, 1.82) is 0 Å². The topological polar surface area (TPSA) is 64.7 Å². The van der Waals surface area contributed by atoms with Crippen LogP contribution in [-0.4, -0.2) is 23.6 Å². The minimum atomic E-state index is -0.0509. The molecular formula is C6H16N2OS2V-4. The molecule has 77 valence electrons. The zero-order valence-corrected chi connectivity index (χ0v) is 10.3. The van der Waals surface area contributed by atoms with Gasteiger partial charge in [-0.05, 0) is 0 Å². The van der Waals surface area contributed by atoms with E-state index in [-0.39, 0.29) is 13.5 Å². The minimum absolute atomic E-state index is 0. The maximum absolute atomic E-state index is 8.19. The fourth-order valence-corrected chi connectivity index (χ4v) is 0. The van der Waals surface area contributed by atoms with Gasteiger partial charge in [0.25, 0.3) is 0 Å². The first-order valence-corrected chi connectivity index (χ1v) is 5.03. The van der Waals surface area contributed by atoms with E-state index in [1.165, 1.54) is 0 Å². The Bertz CT molecular complexity index is 73.7. The van der Waals surface area contributed by atoms with Gasteiger partial charge in [-0.2, -0.15) is 23.6 Å². The molecule has 0 spiro atoms. The fraction of sp³-hybridized carbons (Fsp3) is 1.00. The van der Waals surface area contributed by atoms with Gasteiger partial charge in [0.2, 0.25) is 0 Å². The van der Waals surface area contributed by atoms with Crippen LogP contribution in [0, 0.1) is 0 Å². The molecule has 0 saturated carbocycles. The van der Waals surface area contributed by atoms with E-state index < -0.39 is 0 Å². The molecule has 0 saturated heterocycles. The molecule has 0 aromatic rings. The molecule has 0 bridgehead atoms. The Morgan fingerprint density at radius 2 is 1.25 bits per heavy atom. The van der Waals surface area contributed by atoms with E-state index in [1.807, 2.05) is 0 Å². The summed E-state index contributed by atoms with van der Waals surface area (Å²) in [6.07, 6.45) is 0. The molecule has 6 heteroatoms. The second-order valence-corrected chi connectivity index (χ2v) is 2.80. The van der Waals surface area contributed by atoms with Gasteiger partial charge in [0.15, 0.2) is 0 Å². The molecule has 0 amide bonds. The summed E-state index contributed by atoms with van der Waals surface area (Å²) < 4.78 is 8.19. The zero-order chi connectivity index (χ0) is 10.6. The van der Waals surface area contributed by atoms with Crippen LogP contribution >= 0.6 is 0 Å². The molecule has 0 aliphatic rings. The van der Waals surface area contributed by atoms with Crippen molar-refractivity contribution < 1.29 is 22.5 Å². The van der Waals surface area contributed by atoms with Gasteiger partial charge < -0.3 is 36.7 Å². The molecule has 0 aromatic heterocycles. The van der Waals surface area contributed by atoms with E-state index in [9.17, 15) is 0 Å². The molecule has 0 rings (SSSR count). The van der Waals surface area contributed by atoms with Crippen LogP contribution in [0.2, 0.25) is 0 Å². The van der Waals surface area contributed by atoms with Crippen molar-refractivity contribution in [1.82, 2.24) is 0 Å². The molecule has 3 nitrogen and oxygen atoms in total. The van der Waals surface area contributed by atoms with Crippen LogP contribution in [0.5, 0.6) is 0 Å². The van der Waals surface area contributed by atoms with Crippen LogP contribution < -0.4 is 0 Å². The Kier molecular flexibility index (Phi) is 28.0. The summed E-state index contributed by atoms with van der Waals surface area (Å²) in [7, 11) is 0. The Morgan fingerprint density at radius 1 is 1.17 bits per heavy atom. The van der Waals surface area contributed by atoms with Gasteiger partial charge in [-0.15, -0.1) is 0 Å². The van der Waals surface area contributed by atoms with Crippen LogP contribution in [-0.2, 0) is 46.3 Å². The Hall–Kier alpha value is 1.00. The predicted octanol–water partition coefficient (Wildman–Crippen LogP) is 2.07. The van der Waals surface area contributed by atoms with E-state index >= 15 is 0 Å². The Labute approximate surface area is 96.5 Å². The third kappa shape index (κ3) is 44.0. The van der Waals surface area contributed by atoms with Gasteiger partial charge in [-0.25, -0.2) is 0 Å². The standard InChI is InChI=1S/2C3H8NS.O.V.H2/c2*1-3(4)2-5;;;/h2*3-5H,2H2,1H3;;;1H/q2*-1;;;/p-2/i;;;;1+1. The van der Waals surface area contributed by atoms with Gasteiger partial charge in [0.1, 0.15) is 0 Å². The van der Waals surface area contributed by atoms with Crippen molar-refractivity contribution in [3.8, 4) is 0 Å². The van der Waals surface area contributed by atoms with E-state index in [0.717, 1.165) is 17.4 Å². The van der Waals surface area contributed by atoms with Crippen LogP contribution in [0.4, 0.5) is 0 Å². The summed E-state index contributed by atoms with van der Waals surface area (Å²) in [6, 6.07) is -0.102. The van der Waals surface area contributed by atoms with Crippen molar-refractivity contribution in [3.05, 3.63) is 11.5 Å². The van der Waals surface area contributed by atoms with Crippen molar-refractivity contribution >= 4 is 25.3 Å². The Balaban J connectivity index is -0.0000000491. The monoisotopic (exact) mass is 248 g/mol. The third-order valence-electron chi connectivity index (χ3n) is 0.500. The second kappa shape index (κ2) is 17.9. The molecule has 0 aromatic carbocycles. The van der Waals surface area contributed by atoms with Crippen LogP contribution in [0.3, 0.4) is 0 Å². The van der Waals surface area contributed by atoms with E-state index in [4.69, 9.17) is 15.1 Å². The van der Waals surface area contributed by atoms with Crippen molar-refractivity contribution in [2.24, 2.45) is 0 Å². The summed E-state index contributed by atoms with van der Waals surface area (Å²) in [6.45, 7) is 3.57. The SMILES string of the molecule is CC([NH-])C[S-].CC([NH-])C[S-].[2HH].[O]=[V]. The predicted molar refractivity (Wildman–Crippen MR) is 54.8 cm³/mol. The van der Waals surface area contributed by atoms with Crippen LogP contribution in [0.1, 0.15) is 15.3 Å². The molecule has 0 heterocycles. The van der Waals surface area contributed by atoms with E-state index in [1.54, 1.807) is 13.8 Å². The van der Waals surface area contributed by atoms with Gasteiger partial charge in [0, 0.05) is 1.43 Å². The molecular weight excluding hydrogens is 231 g/mol. The zero-order valence-electron chi connectivity index (χ0n) is 7.24. The van der Waals surface area contributed by atoms with Gasteiger partial charge >= 0.3 is 21.0 Å². The van der Waals surface area contributed by atoms with Gasteiger partial charge in [0.05, 0.1) is 0 Å². The molecule has 0 aliphatic carbocycles. The second-order valence-electron chi connectivity index (χ2n) is 2.14. The average molecular weight is 248 g/mol. The van der Waals surface area contributed by atoms with E-state index in [2.05, 4.69) is 25.3 Å². The third-order valence-corrected chi connectivity index (χ3v) is 1.50. The first-order valence-electron chi connectivity index (χ1n) is 3.31. The maximum atomic E-state index is 8.19. The van der Waals surface area contributed by atoms with Crippen molar-refractivity contribution in [2.45, 2.75) is 25.9 Å². The summed E-state index contributed by atoms with van der Waals surface area (Å²) in [5.41, 5.74) is 13.4. The quantitative estimate of drug-likeness (QED) is 0.703. The van der Waals surface area contributed by atoms with E-state index in [0.29, 0.717) is 11.5 Å². The molecule has 2 atom stereocenters. The van der Waals surface area contributed by atoms with Crippen LogP contribution in [0.25, 0.3) is 11.5 Å².